The number of ether oxygens (including phenoxy) is 1. The van der Waals surface area contributed by atoms with Crippen LogP contribution in [-0.2, 0) is 14.9 Å². The van der Waals surface area contributed by atoms with Crippen LogP contribution in [-0.4, -0.2) is 44.6 Å². The van der Waals surface area contributed by atoms with Crippen LogP contribution in [0.2, 0.25) is 0 Å². The second-order valence-electron chi connectivity index (χ2n) is 4.45. The number of hydrogen-bond donors (Lipinski definition) is 2. The molecule has 1 aliphatic heterocycles. The zero-order chi connectivity index (χ0) is 13.8. The van der Waals surface area contributed by atoms with Crippen LogP contribution in [0.4, 0.5) is 4.79 Å². The van der Waals surface area contributed by atoms with Gasteiger partial charge in [-0.05, 0) is 32.6 Å². The monoisotopic (exact) mass is 279 g/mol. The highest BCUT2D eigenvalue weighted by molar-refractivity contribution is 7.87. The molecule has 3 N–H and O–H groups in total. The highest BCUT2D eigenvalue weighted by Crippen LogP contribution is 2.20. The standard InChI is InChI=1S/C10H21N3O4S/c1-3-17-10(14)12-18(15,16)13-6-4-5-9(7-13)8(2)11/h8-9H,3-7,11H2,1-2H3,(H,12,14). The number of nitrogens with one attached hydrogen (secondary N) is 1. The third-order valence-corrected chi connectivity index (χ3v) is 4.43. The average Bonchev–Trinajstić information content (AvgIpc) is 2.28. The second-order valence-corrected chi connectivity index (χ2v) is 6.12. The van der Waals surface area contributed by atoms with Crippen molar-refractivity contribution in [3.8, 4) is 0 Å². The summed E-state index contributed by atoms with van der Waals surface area (Å²) in [5.74, 6) is 0.123. The maximum absolute atomic E-state index is 11.9. The van der Waals surface area contributed by atoms with Gasteiger partial charge in [-0.1, -0.05) is 0 Å². The molecule has 2 unspecified atom stereocenters. The predicted molar refractivity (Wildman–Crippen MR) is 67.0 cm³/mol. The van der Waals surface area contributed by atoms with Crippen molar-refractivity contribution >= 4 is 16.3 Å². The van der Waals surface area contributed by atoms with Gasteiger partial charge in [-0.15, -0.1) is 0 Å². The van der Waals surface area contributed by atoms with Crippen molar-refractivity contribution in [1.82, 2.24) is 9.03 Å². The number of piperidine rings is 1. The fraction of sp³-hybridized carbons (Fsp3) is 0.900. The van der Waals surface area contributed by atoms with Gasteiger partial charge in [0.1, 0.15) is 0 Å². The Kier molecular flexibility index (Phi) is 5.36. The topological polar surface area (TPSA) is 102 Å². The molecule has 0 bridgehead atoms. The SMILES string of the molecule is CCOC(=O)NS(=O)(=O)N1CCCC(C(C)N)C1. The first-order chi connectivity index (χ1) is 8.36. The van der Waals surface area contributed by atoms with Crippen molar-refractivity contribution in [3.05, 3.63) is 0 Å². The van der Waals surface area contributed by atoms with E-state index in [0.717, 1.165) is 12.8 Å². The lowest BCUT2D eigenvalue weighted by Gasteiger charge is -2.33. The van der Waals surface area contributed by atoms with Gasteiger partial charge in [0.25, 0.3) is 0 Å². The Hall–Kier alpha value is -0.860. The van der Waals surface area contributed by atoms with Gasteiger partial charge in [0.2, 0.25) is 0 Å². The molecule has 1 heterocycles. The molecule has 0 radical (unpaired) electrons. The third-order valence-electron chi connectivity index (χ3n) is 2.99. The van der Waals surface area contributed by atoms with E-state index in [-0.39, 0.29) is 18.6 Å². The Balaban J connectivity index is 2.64. The first-order valence-corrected chi connectivity index (χ1v) is 7.51. The molecule has 8 heteroatoms. The number of hydrogen-bond acceptors (Lipinski definition) is 5. The number of carbonyl (C=O) groups excluding carboxylic acids is 1. The van der Waals surface area contributed by atoms with Crippen molar-refractivity contribution in [1.29, 1.82) is 0 Å². The van der Waals surface area contributed by atoms with Gasteiger partial charge >= 0.3 is 16.3 Å². The average molecular weight is 279 g/mol. The molecule has 1 fully saturated rings. The van der Waals surface area contributed by atoms with Crippen molar-refractivity contribution in [2.45, 2.75) is 32.7 Å². The molecule has 0 spiro atoms. The third kappa shape index (κ3) is 4.11. The van der Waals surface area contributed by atoms with Gasteiger partial charge < -0.3 is 10.5 Å². The van der Waals surface area contributed by atoms with E-state index < -0.39 is 16.3 Å². The summed E-state index contributed by atoms with van der Waals surface area (Å²) < 4.78 is 31.5. The van der Waals surface area contributed by atoms with Crippen molar-refractivity contribution < 1.29 is 17.9 Å². The number of amides is 1. The summed E-state index contributed by atoms with van der Waals surface area (Å²) >= 11 is 0. The van der Waals surface area contributed by atoms with E-state index in [1.54, 1.807) is 6.92 Å². The van der Waals surface area contributed by atoms with E-state index in [2.05, 4.69) is 4.74 Å². The maximum Gasteiger partial charge on any atom is 0.421 e. The number of nitrogens with zero attached hydrogens (tertiary/aromatic N) is 1. The van der Waals surface area contributed by atoms with Gasteiger partial charge in [-0.3, -0.25) is 0 Å². The predicted octanol–water partition coefficient (Wildman–Crippen LogP) is 0.0365. The molecule has 0 aromatic heterocycles. The van der Waals surface area contributed by atoms with Gasteiger partial charge in [-0.2, -0.15) is 12.7 Å². The van der Waals surface area contributed by atoms with Gasteiger partial charge in [-0.25, -0.2) is 9.52 Å². The zero-order valence-corrected chi connectivity index (χ0v) is 11.6. The molecule has 0 saturated carbocycles. The van der Waals surface area contributed by atoms with E-state index in [4.69, 9.17) is 5.73 Å². The quantitative estimate of drug-likeness (QED) is 0.756. The minimum Gasteiger partial charge on any atom is -0.449 e. The Morgan fingerprint density at radius 3 is 2.83 bits per heavy atom. The van der Waals surface area contributed by atoms with Crippen LogP contribution in [0, 0.1) is 5.92 Å². The Morgan fingerprint density at radius 2 is 2.28 bits per heavy atom. The summed E-state index contributed by atoms with van der Waals surface area (Å²) in [4.78, 5) is 11.2. The number of carbonyl (C=O) groups is 1. The lowest BCUT2D eigenvalue weighted by molar-refractivity contribution is 0.157. The molecule has 1 aliphatic rings. The normalized spacial score (nSPS) is 23.4. The van der Waals surface area contributed by atoms with Crippen molar-refractivity contribution in [3.63, 3.8) is 0 Å². The van der Waals surface area contributed by atoms with E-state index in [9.17, 15) is 13.2 Å². The van der Waals surface area contributed by atoms with Crippen LogP contribution >= 0.6 is 0 Å². The van der Waals surface area contributed by atoms with E-state index in [1.165, 1.54) is 4.31 Å². The van der Waals surface area contributed by atoms with E-state index in [0.29, 0.717) is 13.1 Å². The van der Waals surface area contributed by atoms with Crippen LogP contribution in [0.15, 0.2) is 0 Å². The van der Waals surface area contributed by atoms with Crippen LogP contribution in [0.5, 0.6) is 0 Å². The number of rotatable bonds is 4. The molecule has 0 aromatic carbocycles. The Morgan fingerprint density at radius 1 is 1.61 bits per heavy atom. The fourth-order valence-corrected chi connectivity index (χ4v) is 3.11. The molecule has 0 aliphatic carbocycles. The van der Waals surface area contributed by atoms with Crippen LogP contribution in [0.1, 0.15) is 26.7 Å². The van der Waals surface area contributed by atoms with Crippen LogP contribution < -0.4 is 10.5 Å². The highest BCUT2D eigenvalue weighted by atomic mass is 32.2. The van der Waals surface area contributed by atoms with Gasteiger partial charge in [0.05, 0.1) is 6.61 Å². The summed E-state index contributed by atoms with van der Waals surface area (Å²) in [7, 11) is -3.82. The molecule has 106 valence electrons. The smallest absolute Gasteiger partial charge is 0.421 e. The maximum atomic E-state index is 11.9. The lowest BCUT2D eigenvalue weighted by Crippen LogP contribution is -2.50. The molecular formula is C10H21N3O4S. The fourth-order valence-electron chi connectivity index (χ4n) is 1.95. The molecule has 18 heavy (non-hydrogen) atoms. The lowest BCUT2D eigenvalue weighted by atomic mass is 9.93. The molecule has 2 atom stereocenters. The van der Waals surface area contributed by atoms with Gasteiger partial charge in [0, 0.05) is 19.1 Å². The van der Waals surface area contributed by atoms with Crippen LogP contribution in [0.25, 0.3) is 0 Å². The Labute approximate surface area is 108 Å². The zero-order valence-electron chi connectivity index (χ0n) is 10.8. The van der Waals surface area contributed by atoms with E-state index in [1.807, 2.05) is 11.6 Å². The first-order valence-electron chi connectivity index (χ1n) is 6.07. The highest BCUT2D eigenvalue weighted by Gasteiger charge is 2.31. The van der Waals surface area contributed by atoms with Crippen molar-refractivity contribution in [2.75, 3.05) is 19.7 Å². The first kappa shape index (κ1) is 15.2. The number of nitrogens with two attached hydrogens (primary N) is 1. The van der Waals surface area contributed by atoms with Crippen LogP contribution in [0.3, 0.4) is 0 Å². The molecule has 0 aromatic rings. The summed E-state index contributed by atoms with van der Waals surface area (Å²) in [6.07, 6.45) is 0.708. The molecule has 7 nitrogen and oxygen atoms in total. The molecule has 1 amide bonds. The molecule has 1 rings (SSSR count). The Bertz CT molecular complexity index is 383. The summed E-state index contributed by atoms with van der Waals surface area (Å²) in [6, 6.07) is -0.0643. The summed E-state index contributed by atoms with van der Waals surface area (Å²) in [5.41, 5.74) is 5.79. The molecule has 1 saturated heterocycles. The van der Waals surface area contributed by atoms with Crippen molar-refractivity contribution in [2.24, 2.45) is 11.7 Å². The van der Waals surface area contributed by atoms with Gasteiger partial charge in [0.15, 0.2) is 0 Å². The van der Waals surface area contributed by atoms with E-state index >= 15 is 0 Å². The minimum atomic E-state index is -3.82. The largest absolute Gasteiger partial charge is 0.449 e. The molecular weight excluding hydrogens is 258 g/mol. The minimum absolute atomic E-state index is 0.0643. The summed E-state index contributed by atoms with van der Waals surface area (Å²) in [5, 5.41) is 0. The second kappa shape index (κ2) is 6.35. The summed E-state index contributed by atoms with van der Waals surface area (Å²) in [6.45, 7) is 4.34.